The molecule has 1 saturated heterocycles. The Morgan fingerprint density at radius 2 is 2.12 bits per heavy atom. The van der Waals surface area contributed by atoms with E-state index >= 15 is 0 Å². The van der Waals surface area contributed by atoms with Gasteiger partial charge in [-0.1, -0.05) is 6.92 Å². The maximum absolute atomic E-state index is 12.5. The van der Waals surface area contributed by atoms with Crippen molar-refractivity contribution in [2.24, 2.45) is 5.92 Å². The zero-order chi connectivity index (χ0) is 17.5. The Morgan fingerprint density at radius 3 is 2.79 bits per heavy atom. The molecule has 0 saturated carbocycles. The summed E-state index contributed by atoms with van der Waals surface area (Å²) in [5.74, 6) is 0.862. The Morgan fingerprint density at radius 1 is 1.33 bits per heavy atom. The molecule has 24 heavy (non-hydrogen) atoms. The first-order valence-electron chi connectivity index (χ1n) is 8.08. The summed E-state index contributed by atoms with van der Waals surface area (Å²) in [7, 11) is 3.04. The molecular weight excluding hydrogens is 310 g/mol. The Labute approximate surface area is 142 Å². The van der Waals surface area contributed by atoms with Crippen LogP contribution < -0.4 is 25.4 Å². The number of methoxy groups -OCH3 is 1. The number of carbonyl (C=O) groups is 2. The van der Waals surface area contributed by atoms with Gasteiger partial charge in [-0.2, -0.15) is 0 Å². The third kappa shape index (κ3) is 4.61. The molecule has 3 N–H and O–H groups in total. The first kappa shape index (κ1) is 18.1. The average molecular weight is 335 g/mol. The number of hydrogen-bond acceptors (Lipinski definition) is 5. The normalized spacial score (nSPS) is 20.1. The molecule has 2 rings (SSSR count). The fourth-order valence-corrected chi connectivity index (χ4v) is 2.62. The van der Waals surface area contributed by atoms with Gasteiger partial charge in [0.25, 0.3) is 11.8 Å². The van der Waals surface area contributed by atoms with Gasteiger partial charge in [-0.15, -0.1) is 0 Å². The van der Waals surface area contributed by atoms with Crippen LogP contribution in [0.4, 0.5) is 0 Å². The largest absolute Gasteiger partial charge is 0.493 e. The van der Waals surface area contributed by atoms with Gasteiger partial charge in [0, 0.05) is 18.7 Å². The molecule has 1 fully saturated rings. The zero-order valence-corrected chi connectivity index (χ0v) is 14.3. The summed E-state index contributed by atoms with van der Waals surface area (Å²) >= 11 is 0. The third-order valence-corrected chi connectivity index (χ3v) is 4.17. The number of hydrogen-bond donors (Lipinski definition) is 3. The molecule has 0 aliphatic carbocycles. The first-order chi connectivity index (χ1) is 11.5. The Kier molecular flexibility index (Phi) is 6.43. The van der Waals surface area contributed by atoms with E-state index < -0.39 is 0 Å². The molecule has 1 heterocycles. The number of piperidine rings is 1. The lowest BCUT2D eigenvalue weighted by Gasteiger charge is -2.30. The number of rotatable bonds is 6. The standard InChI is InChI=1S/C17H25N3O4/c1-11-9-19-7-6-13(11)20-17(22)12-4-5-14(15(8-12)23-3)24-10-16(21)18-2/h4-5,8,11,13,19H,6-7,9-10H2,1-3H3,(H,18,21)(H,20,22). The van der Waals surface area contributed by atoms with Crippen LogP contribution in [0.1, 0.15) is 23.7 Å². The first-order valence-corrected chi connectivity index (χ1v) is 8.08. The number of amides is 2. The summed E-state index contributed by atoms with van der Waals surface area (Å²) in [4.78, 5) is 23.7. The lowest BCUT2D eigenvalue weighted by molar-refractivity contribution is -0.122. The van der Waals surface area contributed by atoms with E-state index in [2.05, 4.69) is 22.9 Å². The zero-order valence-electron chi connectivity index (χ0n) is 14.3. The van der Waals surface area contributed by atoms with Gasteiger partial charge < -0.3 is 25.4 Å². The van der Waals surface area contributed by atoms with Gasteiger partial charge in [0.1, 0.15) is 0 Å². The highest BCUT2D eigenvalue weighted by molar-refractivity contribution is 5.95. The van der Waals surface area contributed by atoms with Gasteiger partial charge in [-0.05, 0) is 43.6 Å². The highest BCUT2D eigenvalue weighted by Crippen LogP contribution is 2.28. The van der Waals surface area contributed by atoms with Crippen LogP contribution in [0.3, 0.4) is 0 Å². The summed E-state index contributed by atoms with van der Waals surface area (Å²) in [5, 5.41) is 8.86. The topological polar surface area (TPSA) is 88.7 Å². The van der Waals surface area contributed by atoms with Crippen molar-refractivity contribution in [2.75, 3.05) is 33.9 Å². The van der Waals surface area contributed by atoms with Crippen molar-refractivity contribution in [1.82, 2.24) is 16.0 Å². The molecule has 0 radical (unpaired) electrons. The smallest absolute Gasteiger partial charge is 0.257 e. The van der Waals surface area contributed by atoms with E-state index in [9.17, 15) is 9.59 Å². The molecule has 0 aromatic heterocycles. The van der Waals surface area contributed by atoms with Crippen molar-refractivity contribution in [1.29, 1.82) is 0 Å². The van der Waals surface area contributed by atoms with E-state index in [1.807, 2.05) is 0 Å². The maximum Gasteiger partial charge on any atom is 0.257 e. The molecule has 1 aromatic rings. The third-order valence-electron chi connectivity index (χ3n) is 4.17. The molecule has 0 bridgehead atoms. The van der Waals surface area contributed by atoms with Gasteiger partial charge in [-0.25, -0.2) is 0 Å². The Hall–Kier alpha value is -2.28. The summed E-state index contributed by atoms with van der Waals surface area (Å²) < 4.78 is 10.7. The fourth-order valence-electron chi connectivity index (χ4n) is 2.62. The lowest BCUT2D eigenvalue weighted by atomic mass is 9.95. The number of likely N-dealkylation sites (N-methyl/N-ethyl adjacent to an activating group) is 1. The van der Waals surface area contributed by atoms with Gasteiger partial charge in [0.2, 0.25) is 0 Å². The van der Waals surface area contributed by atoms with E-state index in [1.165, 1.54) is 14.2 Å². The number of carbonyl (C=O) groups excluding carboxylic acids is 2. The quantitative estimate of drug-likeness (QED) is 0.706. The maximum atomic E-state index is 12.5. The van der Waals surface area contributed by atoms with Crippen LogP contribution in [-0.2, 0) is 4.79 Å². The Bertz CT molecular complexity index is 591. The molecule has 1 aromatic carbocycles. The highest BCUT2D eigenvalue weighted by Gasteiger charge is 2.23. The van der Waals surface area contributed by atoms with Gasteiger partial charge in [0.05, 0.1) is 7.11 Å². The molecule has 7 nitrogen and oxygen atoms in total. The van der Waals surface area contributed by atoms with E-state index in [1.54, 1.807) is 18.2 Å². The van der Waals surface area contributed by atoms with Crippen LogP contribution in [-0.4, -0.2) is 51.7 Å². The van der Waals surface area contributed by atoms with Gasteiger partial charge in [-0.3, -0.25) is 9.59 Å². The minimum atomic E-state index is -0.237. The van der Waals surface area contributed by atoms with Crippen LogP contribution in [0.2, 0.25) is 0 Å². The minimum absolute atomic E-state index is 0.106. The van der Waals surface area contributed by atoms with Crippen molar-refractivity contribution in [2.45, 2.75) is 19.4 Å². The number of nitrogens with one attached hydrogen (secondary N) is 3. The van der Waals surface area contributed by atoms with Crippen LogP contribution in [0.25, 0.3) is 0 Å². The van der Waals surface area contributed by atoms with Crippen LogP contribution in [0, 0.1) is 5.92 Å². The van der Waals surface area contributed by atoms with E-state index in [0.29, 0.717) is 23.0 Å². The molecule has 7 heteroatoms. The predicted molar refractivity (Wildman–Crippen MR) is 90.5 cm³/mol. The minimum Gasteiger partial charge on any atom is -0.493 e. The van der Waals surface area contributed by atoms with Crippen molar-refractivity contribution in [3.63, 3.8) is 0 Å². The molecule has 1 aliphatic heterocycles. The van der Waals surface area contributed by atoms with Gasteiger partial charge in [0.15, 0.2) is 18.1 Å². The van der Waals surface area contributed by atoms with Crippen molar-refractivity contribution in [3.05, 3.63) is 23.8 Å². The van der Waals surface area contributed by atoms with Crippen LogP contribution in [0.5, 0.6) is 11.5 Å². The lowest BCUT2D eigenvalue weighted by Crippen LogP contribution is -2.48. The second-order valence-electron chi connectivity index (χ2n) is 5.88. The molecular formula is C17H25N3O4. The number of benzene rings is 1. The van der Waals surface area contributed by atoms with Crippen LogP contribution in [0.15, 0.2) is 18.2 Å². The summed E-state index contributed by atoms with van der Waals surface area (Å²) in [5.41, 5.74) is 0.505. The summed E-state index contributed by atoms with van der Waals surface area (Å²) in [6, 6.07) is 5.10. The molecule has 2 unspecified atom stereocenters. The summed E-state index contributed by atoms with van der Waals surface area (Å²) in [6.07, 6.45) is 0.914. The van der Waals surface area contributed by atoms with Gasteiger partial charge >= 0.3 is 0 Å². The van der Waals surface area contributed by atoms with Crippen molar-refractivity contribution in [3.8, 4) is 11.5 Å². The highest BCUT2D eigenvalue weighted by atomic mass is 16.5. The fraction of sp³-hybridized carbons (Fsp3) is 0.529. The van der Waals surface area contributed by atoms with E-state index in [4.69, 9.17) is 9.47 Å². The predicted octanol–water partition coefficient (Wildman–Crippen LogP) is 0.548. The van der Waals surface area contributed by atoms with Crippen molar-refractivity contribution < 1.29 is 19.1 Å². The van der Waals surface area contributed by atoms with E-state index in [0.717, 1.165) is 19.5 Å². The molecule has 132 valence electrons. The molecule has 0 spiro atoms. The SMILES string of the molecule is CNC(=O)COc1ccc(C(=O)NC2CCNCC2C)cc1OC. The number of ether oxygens (including phenoxy) is 2. The average Bonchev–Trinajstić information content (AvgIpc) is 2.61. The molecule has 2 atom stereocenters. The summed E-state index contributed by atoms with van der Waals surface area (Å²) in [6.45, 7) is 3.82. The van der Waals surface area contributed by atoms with Crippen molar-refractivity contribution >= 4 is 11.8 Å². The molecule has 1 aliphatic rings. The Balaban J connectivity index is 2.04. The molecule has 2 amide bonds. The second-order valence-corrected chi connectivity index (χ2v) is 5.88. The monoisotopic (exact) mass is 335 g/mol. The second kappa shape index (κ2) is 8.54. The van der Waals surface area contributed by atoms with E-state index in [-0.39, 0.29) is 24.5 Å². The van der Waals surface area contributed by atoms with Crippen LogP contribution >= 0.6 is 0 Å².